The Morgan fingerprint density at radius 1 is 0.879 bits per heavy atom. The zero-order valence-electron chi connectivity index (χ0n) is 18.1. The summed E-state index contributed by atoms with van der Waals surface area (Å²) in [5.74, 6) is -0.138. The Bertz CT molecular complexity index is 1100. The first-order valence-electron chi connectivity index (χ1n) is 10.2. The summed E-state index contributed by atoms with van der Waals surface area (Å²) in [7, 11) is 1.86. The number of Topliss-reactive ketones (excluding diaryl/α,β-unsaturated/α-hetero) is 2. The summed E-state index contributed by atoms with van der Waals surface area (Å²) >= 11 is 19.4. The number of benzene rings is 3. The number of thioether (sulfide) groups is 1. The van der Waals surface area contributed by atoms with Crippen molar-refractivity contribution in [2.75, 3.05) is 18.1 Å². The Labute approximate surface area is 213 Å². The van der Waals surface area contributed by atoms with E-state index in [0.29, 0.717) is 22.4 Å². The predicted molar refractivity (Wildman–Crippen MR) is 140 cm³/mol. The van der Waals surface area contributed by atoms with E-state index in [1.807, 2.05) is 44.3 Å². The maximum Gasteiger partial charge on any atom is 0.216 e. The second-order valence-electron chi connectivity index (χ2n) is 7.48. The monoisotopic (exact) mass is 518 g/mol. The molecule has 0 aliphatic carbocycles. The van der Waals surface area contributed by atoms with Crippen molar-refractivity contribution >= 4 is 63.8 Å². The smallest absolute Gasteiger partial charge is 0.216 e. The van der Waals surface area contributed by atoms with E-state index in [9.17, 15) is 9.59 Å². The first-order chi connectivity index (χ1) is 15.7. The van der Waals surface area contributed by atoms with Crippen LogP contribution in [-0.4, -0.2) is 24.4 Å². The molecule has 7 heteroatoms. The molecule has 0 heterocycles. The normalized spacial score (nSPS) is 12.4. The summed E-state index contributed by atoms with van der Waals surface area (Å²) in [5.41, 5.74) is 2.33. The van der Waals surface area contributed by atoms with Crippen LogP contribution in [-0.2, 0) is 3.79 Å². The highest BCUT2D eigenvalue weighted by molar-refractivity contribution is 7.99. The second-order valence-corrected chi connectivity index (χ2v) is 10.8. The third-order valence-corrected chi connectivity index (χ3v) is 7.11. The van der Waals surface area contributed by atoms with Crippen molar-refractivity contribution in [1.29, 1.82) is 0 Å². The van der Waals surface area contributed by atoms with Gasteiger partial charge in [-0.1, -0.05) is 102 Å². The molecule has 3 nitrogen and oxygen atoms in total. The lowest BCUT2D eigenvalue weighted by Gasteiger charge is -2.33. The van der Waals surface area contributed by atoms with Crippen LogP contribution in [0.4, 0.5) is 5.69 Å². The van der Waals surface area contributed by atoms with E-state index in [1.165, 1.54) is 0 Å². The first kappa shape index (κ1) is 25.6. The van der Waals surface area contributed by atoms with E-state index in [1.54, 1.807) is 60.3 Å². The number of hydrogen-bond donors (Lipinski definition) is 1. The van der Waals surface area contributed by atoms with E-state index in [-0.39, 0.29) is 11.6 Å². The maximum atomic E-state index is 13.5. The number of carbonyl (C=O) groups excluding carboxylic acids is 2. The van der Waals surface area contributed by atoms with Gasteiger partial charge in [-0.3, -0.25) is 15.5 Å². The third kappa shape index (κ3) is 6.54. The Kier molecular flexibility index (Phi) is 8.88. The van der Waals surface area contributed by atoms with E-state index < -0.39 is 9.71 Å². The molecule has 0 saturated carbocycles. The van der Waals surface area contributed by atoms with Crippen LogP contribution in [0.3, 0.4) is 0 Å². The summed E-state index contributed by atoms with van der Waals surface area (Å²) < 4.78 is -1.58. The van der Waals surface area contributed by atoms with E-state index in [2.05, 4.69) is 5.32 Å². The van der Waals surface area contributed by atoms with Gasteiger partial charge in [0.15, 0.2) is 0 Å². The molecular weight excluding hydrogens is 497 g/mol. The fraction of sp³-hybridized carbons (Fsp3) is 0.192. The van der Waals surface area contributed by atoms with Gasteiger partial charge in [0, 0.05) is 34.3 Å². The highest BCUT2D eigenvalue weighted by atomic mass is 35.6. The van der Waals surface area contributed by atoms with Crippen molar-refractivity contribution in [2.45, 2.75) is 15.6 Å². The minimum absolute atomic E-state index is 0.231. The SMILES string of the molecule is CNc1ccccc1SC[C-](C)C(C(=O)c1ccccc1)C(=O)c1ccc(C(Cl)(Cl)Cl)cc1. The summed E-state index contributed by atoms with van der Waals surface area (Å²) in [6, 6.07) is 23.2. The summed E-state index contributed by atoms with van der Waals surface area (Å²) in [6.07, 6.45) is 0. The molecule has 33 heavy (non-hydrogen) atoms. The topological polar surface area (TPSA) is 46.2 Å². The maximum absolute atomic E-state index is 13.5. The molecule has 3 aromatic carbocycles. The van der Waals surface area contributed by atoms with Gasteiger partial charge in [0.25, 0.3) is 0 Å². The number of hydrogen-bond acceptors (Lipinski definition) is 4. The summed E-state index contributed by atoms with van der Waals surface area (Å²) in [4.78, 5) is 28.0. The third-order valence-electron chi connectivity index (χ3n) is 5.18. The Morgan fingerprint density at radius 3 is 2.00 bits per heavy atom. The van der Waals surface area contributed by atoms with Gasteiger partial charge >= 0.3 is 0 Å². The van der Waals surface area contributed by atoms with E-state index in [4.69, 9.17) is 34.8 Å². The Balaban J connectivity index is 1.88. The minimum atomic E-state index is -1.58. The van der Waals surface area contributed by atoms with Crippen LogP contribution in [0.25, 0.3) is 0 Å². The van der Waals surface area contributed by atoms with Gasteiger partial charge in [0.1, 0.15) is 11.6 Å². The lowest BCUT2D eigenvalue weighted by molar-refractivity contribution is 0.0819. The van der Waals surface area contributed by atoms with Crippen molar-refractivity contribution in [3.63, 3.8) is 0 Å². The van der Waals surface area contributed by atoms with Gasteiger partial charge < -0.3 is 5.32 Å². The molecule has 0 amide bonds. The standard InChI is InChI=1S/C26H23Cl3NO2S/c1-17(16-33-22-11-7-6-10-21(22)30-2)23(24(31)18-8-4-3-5-9-18)25(32)19-12-14-20(15-13-19)26(27,28)29/h3-15,23,30H,16H2,1-2H3/q-1. The fourth-order valence-electron chi connectivity index (χ4n) is 3.40. The van der Waals surface area contributed by atoms with Crippen molar-refractivity contribution in [3.8, 4) is 0 Å². The number of nitrogens with one attached hydrogen (secondary N) is 1. The predicted octanol–water partition coefficient (Wildman–Crippen LogP) is 7.62. The number of rotatable bonds is 9. The van der Waals surface area contributed by atoms with Crippen LogP contribution in [0.2, 0.25) is 0 Å². The molecule has 0 bridgehead atoms. The minimum Gasteiger partial charge on any atom is -0.387 e. The number of ketones is 2. The molecule has 0 aliphatic rings. The zero-order valence-corrected chi connectivity index (χ0v) is 21.2. The largest absolute Gasteiger partial charge is 0.387 e. The molecular formula is C26H23Cl3NO2S-. The van der Waals surface area contributed by atoms with Crippen LogP contribution in [0, 0.1) is 11.8 Å². The van der Waals surface area contributed by atoms with Crippen LogP contribution < -0.4 is 5.32 Å². The molecule has 1 atom stereocenters. The Morgan fingerprint density at radius 2 is 1.42 bits per heavy atom. The van der Waals surface area contributed by atoms with Gasteiger partial charge in [-0.15, -0.1) is 5.75 Å². The molecule has 0 aromatic heterocycles. The lowest BCUT2D eigenvalue weighted by Crippen LogP contribution is -2.30. The molecule has 1 unspecified atom stereocenters. The number of para-hydroxylation sites is 1. The highest BCUT2D eigenvalue weighted by Gasteiger charge is 2.27. The van der Waals surface area contributed by atoms with Gasteiger partial charge in [0.2, 0.25) is 3.79 Å². The van der Waals surface area contributed by atoms with Crippen LogP contribution in [0.1, 0.15) is 33.2 Å². The molecule has 0 spiro atoms. The average molecular weight is 520 g/mol. The molecule has 172 valence electrons. The van der Waals surface area contributed by atoms with Crippen molar-refractivity contribution < 1.29 is 9.59 Å². The summed E-state index contributed by atoms with van der Waals surface area (Å²) in [5, 5.41) is 3.17. The van der Waals surface area contributed by atoms with Gasteiger partial charge in [-0.25, -0.2) is 0 Å². The molecule has 0 aliphatic heterocycles. The van der Waals surface area contributed by atoms with Crippen LogP contribution >= 0.6 is 46.6 Å². The lowest BCUT2D eigenvalue weighted by atomic mass is 9.82. The molecule has 3 aromatic rings. The number of halogens is 3. The quantitative estimate of drug-likeness (QED) is 0.104. The fourth-order valence-corrected chi connectivity index (χ4v) is 4.83. The van der Waals surface area contributed by atoms with Crippen molar-refractivity contribution in [1.82, 2.24) is 0 Å². The molecule has 1 N–H and O–H groups in total. The first-order valence-corrected chi connectivity index (χ1v) is 12.4. The van der Waals surface area contributed by atoms with E-state index in [0.717, 1.165) is 16.5 Å². The number of alkyl halides is 3. The second kappa shape index (κ2) is 11.4. The van der Waals surface area contributed by atoms with Crippen LogP contribution in [0.5, 0.6) is 0 Å². The number of carbonyl (C=O) groups is 2. The average Bonchev–Trinajstić information content (AvgIpc) is 2.83. The molecule has 0 saturated heterocycles. The van der Waals surface area contributed by atoms with Crippen molar-refractivity contribution in [2.24, 2.45) is 5.92 Å². The van der Waals surface area contributed by atoms with Gasteiger partial charge in [-0.05, 0) is 18.1 Å². The highest BCUT2D eigenvalue weighted by Crippen LogP contribution is 2.38. The molecule has 0 radical (unpaired) electrons. The zero-order chi connectivity index (χ0) is 24.0. The van der Waals surface area contributed by atoms with Crippen LogP contribution in [0.15, 0.2) is 83.8 Å². The summed E-state index contributed by atoms with van der Waals surface area (Å²) in [6.45, 7) is 1.86. The van der Waals surface area contributed by atoms with Gasteiger partial charge in [-0.2, -0.15) is 18.7 Å². The Hall–Kier alpha value is -1.98. The molecule has 0 fully saturated rings. The van der Waals surface area contributed by atoms with Gasteiger partial charge in [0.05, 0.1) is 0 Å². The number of anilines is 1. The van der Waals surface area contributed by atoms with E-state index >= 15 is 0 Å². The van der Waals surface area contributed by atoms with Crippen molar-refractivity contribution in [3.05, 3.63) is 101 Å². The molecule has 3 rings (SSSR count).